The van der Waals surface area contributed by atoms with Gasteiger partial charge in [-0.3, -0.25) is 0 Å². The Kier molecular flexibility index (Phi) is 7.22. The van der Waals surface area contributed by atoms with Crippen molar-refractivity contribution < 1.29 is 26.8 Å². The maximum absolute atomic E-state index is 4.92. The molecule has 0 atom stereocenters. The molecule has 0 spiro atoms. The molecule has 1 aromatic carbocycles. The zero-order valence-corrected chi connectivity index (χ0v) is 10.9. The van der Waals surface area contributed by atoms with E-state index in [1.807, 2.05) is 18.2 Å². The van der Waals surface area contributed by atoms with Gasteiger partial charge in [0.15, 0.2) is 0 Å². The van der Waals surface area contributed by atoms with Gasteiger partial charge in [0.25, 0.3) is 0 Å². The average Bonchev–Trinajstić information content (AvgIpc) is 2.21. The van der Waals surface area contributed by atoms with E-state index >= 15 is 0 Å². The first kappa shape index (κ1) is 11.7. The van der Waals surface area contributed by atoms with Crippen LogP contribution in [0, 0.1) is 6.07 Å². The van der Waals surface area contributed by atoms with Gasteiger partial charge in [-0.15, -0.1) is 12.1 Å². The van der Waals surface area contributed by atoms with Crippen LogP contribution in [0.4, 0.5) is 0 Å². The van der Waals surface area contributed by atoms with Gasteiger partial charge in [-0.1, -0.05) is 6.07 Å². The third kappa shape index (κ3) is 3.94. The Morgan fingerprint density at radius 1 is 1.17 bits per heavy atom. The third-order valence-electron chi connectivity index (χ3n) is 1.18. The first-order chi connectivity index (χ1) is 5.86. The molecule has 0 aliphatic rings. The van der Waals surface area contributed by atoms with Crippen LogP contribution >= 0.6 is 9.69 Å². The van der Waals surface area contributed by atoms with Crippen LogP contribution in [0.5, 0.6) is 11.5 Å². The van der Waals surface area contributed by atoms with Crippen LogP contribution in [-0.2, 0) is 17.3 Å². The van der Waals surface area contributed by atoms with Gasteiger partial charge in [-0.2, -0.15) is 6.07 Å². The summed E-state index contributed by atoms with van der Waals surface area (Å²) in [4.78, 5) is 0. The Morgan fingerprint density at radius 3 is 1.92 bits per heavy atom. The summed E-state index contributed by atoms with van der Waals surface area (Å²) < 4.78 is 9.84. The minimum absolute atomic E-state index is 0.694. The van der Waals surface area contributed by atoms with Crippen molar-refractivity contribution in [1.82, 2.24) is 0 Å². The zero-order chi connectivity index (χ0) is 9.40. The van der Waals surface area contributed by atoms with Crippen molar-refractivity contribution in [3.8, 4) is 11.5 Å². The van der Waals surface area contributed by atoms with Crippen LogP contribution in [0.3, 0.4) is 0 Å². The predicted octanol–water partition coefficient (Wildman–Crippen LogP) is 2.19. The summed E-state index contributed by atoms with van der Waals surface area (Å²) in [6.07, 6.45) is 0. The van der Waals surface area contributed by atoms with Gasteiger partial charge < -0.3 is 9.47 Å². The van der Waals surface area contributed by atoms with Gasteiger partial charge in [0.05, 0.1) is 14.2 Å². The van der Waals surface area contributed by atoms with Gasteiger partial charge in [-0.05, 0) is 0 Å². The number of ether oxygens (including phenoxy) is 2. The Morgan fingerprint density at radius 2 is 1.58 bits per heavy atom. The molecule has 1 aromatic rings. The second-order valence-electron chi connectivity index (χ2n) is 1.79. The second-order valence-corrected chi connectivity index (χ2v) is 1.79. The minimum atomic E-state index is 0.694. The third-order valence-corrected chi connectivity index (χ3v) is 1.18. The first-order valence-corrected chi connectivity index (χ1v) is 7.13. The molecule has 0 aliphatic carbocycles. The first-order valence-electron chi connectivity index (χ1n) is 3.24. The number of rotatable bonds is 2. The molecule has 0 aliphatic heterocycles. The van der Waals surface area contributed by atoms with E-state index in [2.05, 4.69) is 6.07 Å². The van der Waals surface area contributed by atoms with Crippen molar-refractivity contribution >= 4 is 9.69 Å². The molecule has 0 N–H and O–H groups in total. The van der Waals surface area contributed by atoms with Crippen LogP contribution in [0.2, 0.25) is 0 Å². The fourth-order valence-electron chi connectivity index (χ4n) is 0.666. The molecule has 62 valence electrons. The van der Waals surface area contributed by atoms with Crippen LogP contribution in [-0.4, -0.2) is 14.2 Å². The quantitative estimate of drug-likeness (QED) is 0.580. The SMILES string of the molecule is COc1[c-]c(OC)ccc1.[Cl][Zn+]. The molecule has 0 heterocycles. The van der Waals surface area contributed by atoms with Crippen LogP contribution in [0.1, 0.15) is 0 Å². The maximum atomic E-state index is 4.92. The standard InChI is InChI=1S/C8H9O2.ClH.Zn/c1-9-7-4-3-5-8(6-7)10-2;;/h3-5H,1-2H3;1H;/q-1;;+2/p-1. The molecule has 4 heteroatoms. The normalized spacial score (nSPS) is 8.08. The molecule has 0 saturated carbocycles. The summed E-state index contributed by atoms with van der Waals surface area (Å²) in [6, 6.07) is 8.40. The van der Waals surface area contributed by atoms with E-state index in [9.17, 15) is 0 Å². The van der Waals surface area contributed by atoms with E-state index in [-0.39, 0.29) is 0 Å². The summed E-state index contributed by atoms with van der Waals surface area (Å²) >= 11 is 0.847. The van der Waals surface area contributed by atoms with Crippen LogP contribution in [0.15, 0.2) is 18.2 Å². The number of hydrogen-bond donors (Lipinski definition) is 0. The number of halogens is 1. The molecule has 0 radical (unpaired) electrons. The Labute approximate surface area is 86.5 Å². The molecule has 2 nitrogen and oxygen atoms in total. The van der Waals surface area contributed by atoms with E-state index in [1.165, 1.54) is 0 Å². The van der Waals surface area contributed by atoms with Gasteiger partial charge in [0.1, 0.15) is 0 Å². The average molecular weight is 238 g/mol. The van der Waals surface area contributed by atoms with E-state index < -0.39 is 0 Å². The fourth-order valence-corrected chi connectivity index (χ4v) is 0.666. The zero-order valence-electron chi connectivity index (χ0n) is 7.13. The van der Waals surface area contributed by atoms with Crippen molar-refractivity contribution in [2.45, 2.75) is 0 Å². The van der Waals surface area contributed by atoms with Crippen molar-refractivity contribution in [2.24, 2.45) is 0 Å². The summed E-state index contributed by atoms with van der Waals surface area (Å²) in [6.45, 7) is 0. The molecule has 0 unspecified atom stereocenters. The molecule has 1 rings (SSSR count). The summed E-state index contributed by atoms with van der Waals surface area (Å²) in [7, 11) is 7.97. The molecular weight excluding hydrogens is 229 g/mol. The molecule has 12 heavy (non-hydrogen) atoms. The molecule has 0 amide bonds. The second kappa shape index (κ2) is 7.39. The van der Waals surface area contributed by atoms with Crippen molar-refractivity contribution in [3.05, 3.63) is 24.3 Å². The molecule has 0 aromatic heterocycles. The van der Waals surface area contributed by atoms with Crippen LogP contribution in [0.25, 0.3) is 0 Å². The van der Waals surface area contributed by atoms with Crippen molar-refractivity contribution in [1.29, 1.82) is 0 Å². The van der Waals surface area contributed by atoms with Crippen LogP contribution < -0.4 is 9.47 Å². The van der Waals surface area contributed by atoms with E-state index in [1.54, 1.807) is 14.2 Å². The number of benzene rings is 1. The summed E-state index contributed by atoms with van der Waals surface area (Å²) in [5.41, 5.74) is 0. The molecule has 0 bridgehead atoms. The van der Waals surface area contributed by atoms with Gasteiger partial charge >= 0.3 is 27.0 Å². The van der Waals surface area contributed by atoms with Gasteiger partial charge in [0.2, 0.25) is 0 Å². The van der Waals surface area contributed by atoms with Gasteiger partial charge in [0, 0.05) is 11.5 Å². The number of methoxy groups -OCH3 is 2. The Hall–Kier alpha value is -0.267. The number of hydrogen-bond acceptors (Lipinski definition) is 2. The van der Waals surface area contributed by atoms with Crippen molar-refractivity contribution in [3.63, 3.8) is 0 Å². The molecule has 0 fully saturated rings. The topological polar surface area (TPSA) is 18.5 Å². The van der Waals surface area contributed by atoms with Crippen molar-refractivity contribution in [2.75, 3.05) is 14.2 Å². The van der Waals surface area contributed by atoms with E-state index in [4.69, 9.17) is 19.2 Å². The summed E-state index contributed by atoms with van der Waals surface area (Å²) in [5.74, 6) is 1.39. The predicted molar refractivity (Wildman–Crippen MR) is 44.2 cm³/mol. The monoisotopic (exact) mass is 236 g/mol. The molecular formula is C8H9ClO2Zn. The molecule has 0 saturated heterocycles. The fraction of sp³-hybridized carbons (Fsp3) is 0.250. The Balaban J connectivity index is 0.000000561. The summed E-state index contributed by atoms with van der Waals surface area (Å²) in [5, 5.41) is 0. The van der Waals surface area contributed by atoms with Gasteiger partial charge in [-0.25, -0.2) is 0 Å². The van der Waals surface area contributed by atoms with E-state index in [0.29, 0.717) is 11.5 Å². The van der Waals surface area contributed by atoms with E-state index in [0.717, 1.165) is 17.3 Å². The Bertz CT molecular complexity index is 199.